The lowest BCUT2D eigenvalue weighted by Gasteiger charge is -2.26. The summed E-state index contributed by atoms with van der Waals surface area (Å²) in [5, 5.41) is 3.69. The van der Waals surface area contributed by atoms with Crippen LogP contribution in [0.25, 0.3) is 10.9 Å². The van der Waals surface area contributed by atoms with Crippen molar-refractivity contribution >= 4 is 22.4 Å². The predicted molar refractivity (Wildman–Crippen MR) is 113 cm³/mol. The predicted octanol–water partition coefficient (Wildman–Crippen LogP) is 3.76. The summed E-state index contributed by atoms with van der Waals surface area (Å²) in [5.74, 6) is -0.252. The number of hydrogen-bond acceptors (Lipinski definition) is 7. The maximum absolute atomic E-state index is 13.6. The van der Waals surface area contributed by atoms with Crippen LogP contribution in [0.15, 0.2) is 36.7 Å². The summed E-state index contributed by atoms with van der Waals surface area (Å²) < 4.78 is 43.6. The van der Waals surface area contributed by atoms with E-state index >= 15 is 0 Å². The normalized spacial score (nSPS) is 14.5. The minimum Gasteiger partial charge on any atom is -0.493 e. The molecular weight excluding hydrogens is 406 g/mol. The quantitative estimate of drug-likeness (QED) is 0.546. The number of ether oxygens (including phenoxy) is 3. The topological polar surface area (TPSA) is 68.7 Å². The van der Waals surface area contributed by atoms with Crippen molar-refractivity contribution in [1.82, 2.24) is 14.9 Å². The molecule has 1 saturated heterocycles. The molecule has 2 heterocycles. The van der Waals surface area contributed by atoms with Crippen molar-refractivity contribution in [3.8, 4) is 11.5 Å². The zero-order chi connectivity index (χ0) is 21.6. The Morgan fingerprint density at radius 2 is 1.90 bits per heavy atom. The van der Waals surface area contributed by atoms with Gasteiger partial charge in [0.05, 0.1) is 32.4 Å². The van der Waals surface area contributed by atoms with Crippen LogP contribution in [0.1, 0.15) is 6.42 Å². The second-order valence-electron chi connectivity index (χ2n) is 7.15. The second-order valence-corrected chi connectivity index (χ2v) is 7.15. The van der Waals surface area contributed by atoms with E-state index in [-0.39, 0.29) is 0 Å². The largest absolute Gasteiger partial charge is 0.493 e. The van der Waals surface area contributed by atoms with E-state index in [1.807, 2.05) is 0 Å². The molecule has 164 valence electrons. The van der Waals surface area contributed by atoms with Crippen LogP contribution in [0.5, 0.6) is 11.5 Å². The molecule has 0 spiro atoms. The van der Waals surface area contributed by atoms with Crippen LogP contribution in [-0.2, 0) is 4.74 Å². The highest BCUT2D eigenvalue weighted by Crippen LogP contribution is 2.35. The van der Waals surface area contributed by atoms with Crippen molar-refractivity contribution in [3.63, 3.8) is 0 Å². The van der Waals surface area contributed by atoms with Crippen molar-refractivity contribution < 1.29 is 23.0 Å². The number of morpholine rings is 1. The van der Waals surface area contributed by atoms with Crippen molar-refractivity contribution in [3.05, 3.63) is 48.3 Å². The zero-order valence-corrected chi connectivity index (χ0v) is 17.2. The van der Waals surface area contributed by atoms with E-state index in [0.29, 0.717) is 40.5 Å². The first-order chi connectivity index (χ1) is 15.1. The molecule has 31 heavy (non-hydrogen) atoms. The van der Waals surface area contributed by atoms with Gasteiger partial charge in [-0.2, -0.15) is 0 Å². The SMILES string of the molecule is COc1cc2ncnc(Nc3ccc(F)c(F)c3)c2cc1OCCCN1CCOCC1. The third-order valence-electron chi connectivity index (χ3n) is 5.08. The molecule has 1 N–H and O–H groups in total. The Morgan fingerprint density at radius 3 is 2.68 bits per heavy atom. The first kappa shape index (κ1) is 21.2. The third-order valence-corrected chi connectivity index (χ3v) is 5.08. The first-order valence-corrected chi connectivity index (χ1v) is 10.1. The second kappa shape index (κ2) is 9.84. The average Bonchev–Trinajstić information content (AvgIpc) is 2.79. The van der Waals surface area contributed by atoms with E-state index in [1.54, 1.807) is 19.2 Å². The Morgan fingerprint density at radius 1 is 1.06 bits per heavy atom. The average molecular weight is 430 g/mol. The third kappa shape index (κ3) is 5.18. The van der Waals surface area contributed by atoms with Crippen LogP contribution in [0, 0.1) is 11.6 Å². The lowest BCUT2D eigenvalue weighted by molar-refractivity contribution is 0.0357. The standard InChI is InChI=1S/C22H24F2N4O3/c1-29-20-13-19-16(12-21(20)31-8-2-5-28-6-9-30-10-7-28)22(26-14-25-19)27-15-3-4-17(23)18(24)11-15/h3-4,11-14H,2,5-10H2,1H3,(H,25,26,27). The van der Waals surface area contributed by atoms with Crippen LogP contribution in [0.3, 0.4) is 0 Å². The molecule has 4 rings (SSSR count). The molecule has 0 atom stereocenters. The van der Waals surface area contributed by atoms with Gasteiger partial charge in [-0.25, -0.2) is 18.7 Å². The van der Waals surface area contributed by atoms with Gasteiger partial charge in [-0.3, -0.25) is 4.90 Å². The van der Waals surface area contributed by atoms with E-state index < -0.39 is 11.6 Å². The van der Waals surface area contributed by atoms with Crippen molar-refractivity contribution in [1.29, 1.82) is 0 Å². The zero-order valence-electron chi connectivity index (χ0n) is 17.2. The molecule has 0 aliphatic carbocycles. The van der Waals surface area contributed by atoms with E-state index in [0.717, 1.165) is 51.4 Å². The summed E-state index contributed by atoms with van der Waals surface area (Å²) >= 11 is 0. The summed E-state index contributed by atoms with van der Waals surface area (Å²) in [4.78, 5) is 10.9. The number of fused-ring (bicyclic) bond motifs is 1. The Balaban J connectivity index is 1.51. The molecule has 9 heteroatoms. The summed E-state index contributed by atoms with van der Waals surface area (Å²) in [7, 11) is 1.57. The van der Waals surface area contributed by atoms with Gasteiger partial charge < -0.3 is 19.5 Å². The van der Waals surface area contributed by atoms with Crippen LogP contribution in [0.2, 0.25) is 0 Å². The molecule has 1 aromatic heterocycles. The smallest absolute Gasteiger partial charge is 0.162 e. The van der Waals surface area contributed by atoms with Gasteiger partial charge in [0.15, 0.2) is 23.1 Å². The summed E-state index contributed by atoms with van der Waals surface area (Å²) in [6.07, 6.45) is 2.26. The van der Waals surface area contributed by atoms with Gasteiger partial charge in [0.1, 0.15) is 12.1 Å². The van der Waals surface area contributed by atoms with Crippen molar-refractivity contribution in [2.24, 2.45) is 0 Å². The lowest BCUT2D eigenvalue weighted by Crippen LogP contribution is -2.37. The fourth-order valence-electron chi connectivity index (χ4n) is 3.44. The molecule has 0 radical (unpaired) electrons. The highest BCUT2D eigenvalue weighted by molar-refractivity contribution is 5.93. The maximum atomic E-state index is 13.6. The van der Waals surface area contributed by atoms with Crippen LogP contribution in [-0.4, -0.2) is 61.4 Å². The van der Waals surface area contributed by atoms with E-state index in [9.17, 15) is 8.78 Å². The molecular formula is C22H24F2N4O3. The summed E-state index contributed by atoms with van der Waals surface area (Å²) in [6, 6.07) is 7.15. The number of aromatic nitrogens is 2. The van der Waals surface area contributed by atoms with E-state index in [2.05, 4.69) is 20.2 Å². The highest BCUT2D eigenvalue weighted by Gasteiger charge is 2.14. The molecule has 1 fully saturated rings. The van der Waals surface area contributed by atoms with Crippen molar-refractivity contribution in [2.75, 3.05) is 51.9 Å². The summed E-state index contributed by atoms with van der Waals surface area (Å²) in [5.41, 5.74) is 1.01. The molecule has 1 aliphatic rings. The molecule has 3 aromatic rings. The van der Waals surface area contributed by atoms with Crippen molar-refractivity contribution in [2.45, 2.75) is 6.42 Å². The van der Waals surface area contributed by atoms with E-state index in [1.165, 1.54) is 12.4 Å². The number of nitrogens with zero attached hydrogens (tertiary/aromatic N) is 3. The number of hydrogen-bond donors (Lipinski definition) is 1. The summed E-state index contributed by atoms with van der Waals surface area (Å²) in [6.45, 7) is 4.88. The monoisotopic (exact) mass is 430 g/mol. The van der Waals surface area contributed by atoms with Gasteiger partial charge in [-0.15, -0.1) is 0 Å². The fourth-order valence-corrected chi connectivity index (χ4v) is 3.44. The first-order valence-electron chi connectivity index (χ1n) is 10.1. The Bertz CT molecular complexity index is 1040. The maximum Gasteiger partial charge on any atom is 0.162 e. The minimum atomic E-state index is -0.936. The van der Waals surface area contributed by atoms with Gasteiger partial charge in [0.25, 0.3) is 0 Å². The van der Waals surface area contributed by atoms with Gasteiger partial charge in [-0.05, 0) is 24.6 Å². The number of benzene rings is 2. The lowest BCUT2D eigenvalue weighted by atomic mass is 10.2. The van der Waals surface area contributed by atoms with Gasteiger partial charge in [0, 0.05) is 42.8 Å². The molecule has 0 amide bonds. The van der Waals surface area contributed by atoms with Crippen LogP contribution in [0.4, 0.5) is 20.3 Å². The molecule has 2 aromatic carbocycles. The van der Waals surface area contributed by atoms with Gasteiger partial charge in [-0.1, -0.05) is 0 Å². The van der Waals surface area contributed by atoms with Crippen LogP contribution >= 0.6 is 0 Å². The number of rotatable bonds is 8. The fraction of sp³-hybridized carbons (Fsp3) is 0.364. The Hall–Kier alpha value is -3.04. The molecule has 7 nitrogen and oxygen atoms in total. The van der Waals surface area contributed by atoms with Gasteiger partial charge in [0.2, 0.25) is 0 Å². The van der Waals surface area contributed by atoms with Crippen LogP contribution < -0.4 is 14.8 Å². The molecule has 0 unspecified atom stereocenters. The number of methoxy groups -OCH3 is 1. The van der Waals surface area contributed by atoms with Gasteiger partial charge >= 0.3 is 0 Å². The molecule has 0 saturated carbocycles. The van der Waals surface area contributed by atoms with E-state index in [4.69, 9.17) is 14.2 Å². The Labute approximate surface area is 179 Å². The number of nitrogens with one attached hydrogen (secondary N) is 1. The Kier molecular flexibility index (Phi) is 6.73. The number of anilines is 2. The molecule has 1 aliphatic heterocycles. The number of halogens is 2. The highest BCUT2D eigenvalue weighted by atomic mass is 19.2. The molecule has 0 bridgehead atoms. The minimum absolute atomic E-state index is 0.377.